The van der Waals surface area contributed by atoms with Crippen LogP contribution in [-0.2, 0) is 11.2 Å². The van der Waals surface area contributed by atoms with E-state index >= 15 is 0 Å². The van der Waals surface area contributed by atoms with Crippen LogP contribution in [0.1, 0.15) is 24.8 Å². The summed E-state index contributed by atoms with van der Waals surface area (Å²) in [5.41, 5.74) is 0.784. The zero-order chi connectivity index (χ0) is 12.0. The number of rotatable bonds is 5. The standard InChI is InChI=1S/C11H12F3NO/c12-11(13,14)5-1-2-10(16)8-9-3-6-15-7-4-9/h3-4,6-7H,1-2,5,8H2. The molecule has 0 spiro atoms. The van der Waals surface area contributed by atoms with E-state index in [9.17, 15) is 18.0 Å². The van der Waals surface area contributed by atoms with E-state index in [-0.39, 0.29) is 25.0 Å². The number of hydrogen-bond acceptors (Lipinski definition) is 2. The van der Waals surface area contributed by atoms with Gasteiger partial charge in [0.15, 0.2) is 0 Å². The molecule has 0 atom stereocenters. The van der Waals surface area contributed by atoms with E-state index in [4.69, 9.17) is 0 Å². The van der Waals surface area contributed by atoms with E-state index < -0.39 is 12.6 Å². The Morgan fingerprint density at radius 3 is 2.44 bits per heavy atom. The van der Waals surface area contributed by atoms with Gasteiger partial charge in [0.25, 0.3) is 0 Å². The quantitative estimate of drug-likeness (QED) is 0.779. The molecule has 0 N–H and O–H groups in total. The molecule has 0 aliphatic rings. The zero-order valence-electron chi connectivity index (χ0n) is 8.63. The van der Waals surface area contributed by atoms with Crippen molar-refractivity contribution in [3.8, 4) is 0 Å². The lowest BCUT2D eigenvalue weighted by molar-refractivity contribution is -0.137. The van der Waals surface area contributed by atoms with Gasteiger partial charge in [0.1, 0.15) is 5.78 Å². The first-order valence-electron chi connectivity index (χ1n) is 4.95. The lowest BCUT2D eigenvalue weighted by Gasteiger charge is -2.05. The van der Waals surface area contributed by atoms with E-state index in [2.05, 4.69) is 4.98 Å². The predicted octanol–water partition coefficient (Wildman–Crippen LogP) is 2.93. The minimum absolute atomic E-state index is 0.0260. The van der Waals surface area contributed by atoms with Crippen LogP contribution in [0.25, 0.3) is 0 Å². The molecule has 2 nitrogen and oxygen atoms in total. The summed E-state index contributed by atoms with van der Waals surface area (Å²) in [5, 5.41) is 0. The second kappa shape index (κ2) is 5.63. The van der Waals surface area contributed by atoms with Crippen molar-refractivity contribution in [1.29, 1.82) is 0 Å². The van der Waals surface area contributed by atoms with Crippen LogP contribution in [0.5, 0.6) is 0 Å². The third-order valence-electron chi connectivity index (χ3n) is 2.07. The highest BCUT2D eigenvalue weighted by molar-refractivity contribution is 5.80. The first-order chi connectivity index (χ1) is 7.47. The topological polar surface area (TPSA) is 30.0 Å². The maximum Gasteiger partial charge on any atom is 0.389 e. The molecule has 0 fully saturated rings. The van der Waals surface area contributed by atoms with E-state index in [1.54, 1.807) is 24.5 Å². The van der Waals surface area contributed by atoms with Gasteiger partial charge in [-0.3, -0.25) is 9.78 Å². The molecule has 0 saturated heterocycles. The van der Waals surface area contributed by atoms with Crippen LogP contribution in [0.2, 0.25) is 0 Å². The lowest BCUT2D eigenvalue weighted by atomic mass is 10.1. The average molecular weight is 231 g/mol. The third kappa shape index (κ3) is 5.48. The molecule has 0 amide bonds. The summed E-state index contributed by atoms with van der Waals surface area (Å²) < 4.78 is 35.4. The molecule has 16 heavy (non-hydrogen) atoms. The molecule has 0 aromatic carbocycles. The largest absolute Gasteiger partial charge is 0.389 e. The van der Waals surface area contributed by atoms with Gasteiger partial charge in [-0.1, -0.05) is 0 Å². The molecule has 0 saturated carbocycles. The van der Waals surface area contributed by atoms with Gasteiger partial charge < -0.3 is 0 Å². The molecular weight excluding hydrogens is 219 g/mol. The minimum Gasteiger partial charge on any atom is -0.299 e. The van der Waals surface area contributed by atoms with Gasteiger partial charge in [0, 0.05) is 31.7 Å². The number of carbonyl (C=O) groups is 1. The Hall–Kier alpha value is -1.39. The molecule has 88 valence electrons. The van der Waals surface area contributed by atoms with Gasteiger partial charge in [0.05, 0.1) is 0 Å². The Morgan fingerprint density at radius 1 is 1.25 bits per heavy atom. The number of hydrogen-bond donors (Lipinski definition) is 0. The Labute approximate surface area is 91.5 Å². The summed E-state index contributed by atoms with van der Waals surface area (Å²) in [6.07, 6.45) is -1.93. The predicted molar refractivity (Wildman–Crippen MR) is 52.9 cm³/mol. The summed E-state index contributed by atoms with van der Waals surface area (Å²) in [5.74, 6) is -0.171. The molecule has 0 bridgehead atoms. The van der Waals surface area contributed by atoms with Gasteiger partial charge in [-0.15, -0.1) is 0 Å². The van der Waals surface area contributed by atoms with E-state index in [1.165, 1.54) is 0 Å². The molecule has 0 aliphatic heterocycles. The number of nitrogens with zero attached hydrogens (tertiary/aromatic N) is 1. The summed E-state index contributed by atoms with van der Waals surface area (Å²) in [6, 6.07) is 3.36. The van der Waals surface area contributed by atoms with Crippen LogP contribution in [0, 0.1) is 0 Å². The fourth-order valence-electron chi connectivity index (χ4n) is 1.30. The molecule has 1 aromatic heterocycles. The Bertz CT molecular complexity index is 335. The normalized spacial score (nSPS) is 11.4. The van der Waals surface area contributed by atoms with Crippen molar-refractivity contribution in [1.82, 2.24) is 4.98 Å². The molecule has 1 rings (SSSR count). The van der Waals surface area contributed by atoms with Crippen molar-refractivity contribution in [2.24, 2.45) is 0 Å². The van der Waals surface area contributed by atoms with Gasteiger partial charge in [-0.25, -0.2) is 0 Å². The minimum atomic E-state index is -4.17. The van der Waals surface area contributed by atoms with Crippen molar-refractivity contribution in [2.45, 2.75) is 31.9 Å². The Kier molecular flexibility index (Phi) is 4.46. The van der Waals surface area contributed by atoms with Gasteiger partial charge in [-0.05, 0) is 24.1 Å². The highest BCUT2D eigenvalue weighted by atomic mass is 19.4. The molecule has 0 aliphatic carbocycles. The first kappa shape index (κ1) is 12.7. The number of carbonyl (C=O) groups excluding carboxylic acids is 1. The SMILES string of the molecule is O=C(CCCC(F)(F)F)Cc1ccncc1. The molecular formula is C11H12F3NO. The van der Waals surface area contributed by atoms with Crippen molar-refractivity contribution in [3.63, 3.8) is 0 Å². The maximum atomic E-state index is 11.8. The van der Waals surface area contributed by atoms with Crippen LogP contribution in [0.4, 0.5) is 13.2 Å². The highest BCUT2D eigenvalue weighted by Gasteiger charge is 2.26. The number of aromatic nitrogens is 1. The summed E-state index contributed by atoms with van der Waals surface area (Å²) >= 11 is 0. The maximum absolute atomic E-state index is 11.8. The van der Waals surface area contributed by atoms with Crippen molar-refractivity contribution in [3.05, 3.63) is 30.1 Å². The van der Waals surface area contributed by atoms with Crippen LogP contribution in [0.3, 0.4) is 0 Å². The number of halogens is 3. The lowest BCUT2D eigenvalue weighted by Crippen LogP contribution is -2.09. The van der Waals surface area contributed by atoms with E-state index in [0.29, 0.717) is 0 Å². The Balaban J connectivity index is 2.27. The van der Waals surface area contributed by atoms with Crippen LogP contribution in [0.15, 0.2) is 24.5 Å². The van der Waals surface area contributed by atoms with E-state index in [0.717, 1.165) is 5.56 Å². The number of Topliss-reactive ketones (excluding diaryl/α,β-unsaturated/α-hetero) is 1. The fourth-order valence-corrected chi connectivity index (χ4v) is 1.30. The Morgan fingerprint density at radius 2 is 1.88 bits per heavy atom. The second-order valence-electron chi connectivity index (χ2n) is 3.54. The third-order valence-corrected chi connectivity index (χ3v) is 2.07. The number of ketones is 1. The molecule has 0 radical (unpaired) electrons. The first-order valence-corrected chi connectivity index (χ1v) is 4.95. The highest BCUT2D eigenvalue weighted by Crippen LogP contribution is 2.22. The smallest absolute Gasteiger partial charge is 0.299 e. The van der Waals surface area contributed by atoms with Crippen molar-refractivity contribution in [2.75, 3.05) is 0 Å². The average Bonchev–Trinajstić information content (AvgIpc) is 2.17. The van der Waals surface area contributed by atoms with Gasteiger partial charge >= 0.3 is 6.18 Å². The molecule has 1 heterocycles. The van der Waals surface area contributed by atoms with Crippen molar-refractivity contribution < 1.29 is 18.0 Å². The second-order valence-corrected chi connectivity index (χ2v) is 3.54. The molecule has 1 aromatic rings. The fraction of sp³-hybridized carbons (Fsp3) is 0.455. The zero-order valence-corrected chi connectivity index (χ0v) is 8.63. The van der Waals surface area contributed by atoms with Crippen LogP contribution in [-0.4, -0.2) is 16.9 Å². The monoisotopic (exact) mass is 231 g/mol. The van der Waals surface area contributed by atoms with Crippen LogP contribution >= 0.6 is 0 Å². The molecule has 0 unspecified atom stereocenters. The van der Waals surface area contributed by atoms with E-state index in [1.807, 2.05) is 0 Å². The number of alkyl halides is 3. The molecule has 5 heteroatoms. The van der Waals surface area contributed by atoms with Gasteiger partial charge in [-0.2, -0.15) is 13.2 Å². The summed E-state index contributed by atoms with van der Waals surface area (Å²) in [7, 11) is 0. The van der Waals surface area contributed by atoms with Crippen LogP contribution < -0.4 is 0 Å². The van der Waals surface area contributed by atoms with Crippen molar-refractivity contribution >= 4 is 5.78 Å². The number of pyridine rings is 1. The van der Waals surface area contributed by atoms with Gasteiger partial charge in [0.2, 0.25) is 0 Å². The summed E-state index contributed by atoms with van der Waals surface area (Å²) in [4.78, 5) is 15.1. The summed E-state index contributed by atoms with van der Waals surface area (Å²) in [6.45, 7) is 0.